The van der Waals surface area contributed by atoms with E-state index in [9.17, 15) is 19.8 Å². The van der Waals surface area contributed by atoms with E-state index in [1.807, 2.05) is 0 Å². The number of hydrogen-bond donors (Lipinski definition) is 2. The van der Waals surface area contributed by atoms with Gasteiger partial charge in [-0.3, -0.25) is 0 Å². The predicted molar refractivity (Wildman–Crippen MR) is 59.5 cm³/mol. The number of carboxylic acid groups (broad SMARTS) is 1. The molecule has 0 aromatic rings. The highest BCUT2D eigenvalue weighted by Crippen LogP contribution is 2.30. The van der Waals surface area contributed by atoms with Gasteiger partial charge in [0, 0.05) is 6.42 Å². The molecule has 0 spiro atoms. The molecular formula is C11H20NO5+. The van der Waals surface area contributed by atoms with E-state index in [-0.39, 0.29) is 13.0 Å². The van der Waals surface area contributed by atoms with Gasteiger partial charge in [-0.1, -0.05) is 0 Å². The summed E-state index contributed by atoms with van der Waals surface area (Å²) in [5.74, 6) is 0. The molecule has 98 valence electrons. The number of likely N-dealkylation sites (tertiary alicyclic amines) is 1. The lowest BCUT2D eigenvalue weighted by Gasteiger charge is -2.31. The zero-order chi connectivity index (χ0) is 13.4. The summed E-state index contributed by atoms with van der Waals surface area (Å²) in [6.07, 6.45) is -2.59. The van der Waals surface area contributed by atoms with Gasteiger partial charge in [-0.25, -0.2) is 0 Å². The van der Waals surface area contributed by atoms with Crippen molar-refractivity contribution in [2.24, 2.45) is 0 Å². The van der Waals surface area contributed by atoms with Gasteiger partial charge < -0.3 is 14.9 Å². The summed E-state index contributed by atoms with van der Waals surface area (Å²) < 4.78 is 4.30. The second-order valence-electron chi connectivity index (χ2n) is 5.45. The summed E-state index contributed by atoms with van der Waals surface area (Å²) in [6.45, 7) is 6.66. The average Bonchev–Trinajstić information content (AvgIpc) is 2.42. The maximum Gasteiger partial charge on any atom is 0.527 e. The van der Waals surface area contributed by atoms with E-state index in [4.69, 9.17) is 4.74 Å². The molecule has 0 unspecified atom stereocenters. The Kier molecular flexibility index (Phi) is 3.50. The topological polar surface area (TPSA) is 83.8 Å². The molecule has 3 atom stereocenters. The van der Waals surface area contributed by atoms with Crippen LogP contribution in [0.5, 0.6) is 0 Å². The largest absolute Gasteiger partial charge is 0.527 e. The lowest BCUT2D eigenvalue weighted by atomic mass is 10.2. The van der Waals surface area contributed by atoms with Crippen LogP contribution < -0.4 is 0 Å². The molecule has 1 rings (SSSR count). The van der Waals surface area contributed by atoms with Gasteiger partial charge in [0.1, 0.15) is 24.3 Å². The third-order valence-electron chi connectivity index (χ3n) is 3.09. The molecule has 1 aliphatic heterocycles. The van der Waals surface area contributed by atoms with Crippen molar-refractivity contribution >= 4 is 12.2 Å². The van der Waals surface area contributed by atoms with Crippen LogP contribution >= 0.6 is 0 Å². The first-order chi connectivity index (χ1) is 7.61. The quantitative estimate of drug-likeness (QED) is 0.634. The molecule has 0 saturated carbocycles. The molecule has 1 fully saturated rings. The number of amides is 2. The van der Waals surface area contributed by atoms with Crippen molar-refractivity contribution in [1.82, 2.24) is 0 Å². The highest BCUT2D eigenvalue weighted by atomic mass is 16.6. The maximum absolute atomic E-state index is 12.0. The Labute approximate surface area is 100 Å². The molecule has 0 aromatic carbocycles. The first-order valence-corrected chi connectivity index (χ1v) is 5.64. The number of carbonyl (C=O) groups is 2. The first kappa shape index (κ1) is 13.9. The van der Waals surface area contributed by atoms with Gasteiger partial charge in [0.05, 0.1) is 0 Å². The molecule has 6 nitrogen and oxygen atoms in total. The van der Waals surface area contributed by atoms with Gasteiger partial charge in [-0.05, 0) is 27.7 Å². The van der Waals surface area contributed by atoms with Crippen molar-refractivity contribution in [3.8, 4) is 0 Å². The number of hydrogen-bond acceptors (Lipinski definition) is 4. The fraction of sp³-hybridized carbons (Fsp3) is 0.818. The lowest BCUT2D eigenvalue weighted by molar-refractivity contribution is -0.798. The van der Waals surface area contributed by atoms with Gasteiger partial charge in [0.15, 0.2) is 0 Å². The zero-order valence-electron chi connectivity index (χ0n) is 10.6. The summed E-state index contributed by atoms with van der Waals surface area (Å²) in [5, 5.41) is 18.9. The molecule has 0 bridgehead atoms. The van der Waals surface area contributed by atoms with E-state index >= 15 is 0 Å². The molecule has 1 aliphatic rings. The normalized spacial score (nSPS) is 33.5. The highest BCUT2D eigenvalue weighted by Gasteiger charge is 2.59. The van der Waals surface area contributed by atoms with Gasteiger partial charge in [0.25, 0.3) is 0 Å². The van der Waals surface area contributed by atoms with E-state index in [1.54, 1.807) is 27.7 Å². The molecule has 2 N–H and O–H groups in total. The molecule has 0 radical (unpaired) electrons. The number of ether oxygens (including phenoxy) is 1. The van der Waals surface area contributed by atoms with Crippen LogP contribution in [0, 0.1) is 0 Å². The van der Waals surface area contributed by atoms with E-state index in [2.05, 4.69) is 0 Å². The first-order valence-electron chi connectivity index (χ1n) is 5.64. The van der Waals surface area contributed by atoms with Gasteiger partial charge in [-0.15, -0.1) is 4.48 Å². The lowest BCUT2D eigenvalue weighted by Crippen LogP contribution is -2.61. The minimum atomic E-state index is -1.27. The van der Waals surface area contributed by atoms with Gasteiger partial charge >= 0.3 is 12.2 Å². The second-order valence-corrected chi connectivity index (χ2v) is 5.45. The fourth-order valence-electron chi connectivity index (χ4n) is 2.02. The minimum Gasteiger partial charge on any atom is -0.435 e. The summed E-state index contributed by atoms with van der Waals surface area (Å²) in [6, 6.07) is -0.692. The van der Waals surface area contributed by atoms with Crippen molar-refractivity contribution in [2.75, 3.05) is 6.54 Å². The van der Waals surface area contributed by atoms with Crippen LogP contribution in [0.1, 0.15) is 34.1 Å². The van der Waals surface area contributed by atoms with E-state index < -0.39 is 34.4 Å². The van der Waals surface area contributed by atoms with Gasteiger partial charge in [0.2, 0.25) is 0 Å². The SMILES string of the molecule is C[C@@H]1[C@@H](O)CC[N@+]1(C(=O)O)C(=O)OC(C)(C)C. The van der Waals surface area contributed by atoms with Crippen LogP contribution in [0.25, 0.3) is 0 Å². The minimum absolute atomic E-state index is 0.0621. The Morgan fingerprint density at radius 2 is 1.88 bits per heavy atom. The Morgan fingerprint density at radius 3 is 2.18 bits per heavy atom. The van der Waals surface area contributed by atoms with Crippen LogP contribution in [-0.2, 0) is 4.74 Å². The monoisotopic (exact) mass is 246 g/mol. The number of imide groups is 1. The van der Waals surface area contributed by atoms with Crippen molar-refractivity contribution in [1.29, 1.82) is 0 Å². The third-order valence-corrected chi connectivity index (χ3v) is 3.09. The van der Waals surface area contributed by atoms with E-state index in [0.717, 1.165) is 0 Å². The van der Waals surface area contributed by atoms with Crippen molar-refractivity contribution in [2.45, 2.75) is 51.9 Å². The van der Waals surface area contributed by atoms with Crippen molar-refractivity contribution in [3.05, 3.63) is 0 Å². The number of nitrogens with zero attached hydrogens (tertiary/aromatic N) is 1. The van der Waals surface area contributed by atoms with E-state index in [0.29, 0.717) is 0 Å². The number of quaternary nitrogens is 1. The summed E-state index contributed by atoms with van der Waals surface area (Å²) in [7, 11) is 0. The summed E-state index contributed by atoms with van der Waals surface area (Å²) >= 11 is 0. The molecule has 2 amide bonds. The molecule has 0 aromatic heterocycles. The fourth-order valence-corrected chi connectivity index (χ4v) is 2.02. The highest BCUT2D eigenvalue weighted by molar-refractivity contribution is 5.76. The predicted octanol–water partition coefficient (Wildman–Crippen LogP) is 1.57. The Hall–Kier alpha value is -1.14. The van der Waals surface area contributed by atoms with Crippen LogP contribution in [0.4, 0.5) is 9.59 Å². The molecule has 1 heterocycles. The standard InChI is InChI=1S/C11H19NO5/c1-7-8(13)5-6-12(7,9(14)15)10(16)17-11(2,3)4/h7-8,13H,5-6H2,1-4H3/p+1/t7-,8+,12+/m1/s1. The number of rotatable bonds is 0. The maximum atomic E-state index is 12.0. The Bertz CT molecular complexity index is 335. The Balaban J connectivity index is 3.02. The van der Waals surface area contributed by atoms with Gasteiger partial charge in [-0.2, -0.15) is 9.59 Å². The summed E-state index contributed by atoms with van der Waals surface area (Å²) in [4.78, 5) is 23.4. The van der Waals surface area contributed by atoms with E-state index in [1.165, 1.54) is 0 Å². The van der Waals surface area contributed by atoms with Crippen molar-refractivity contribution in [3.63, 3.8) is 0 Å². The van der Waals surface area contributed by atoms with Crippen LogP contribution in [0.3, 0.4) is 0 Å². The molecule has 1 saturated heterocycles. The summed E-state index contributed by atoms with van der Waals surface area (Å²) in [5.41, 5.74) is -0.745. The van der Waals surface area contributed by atoms with Crippen LogP contribution in [0.15, 0.2) is 0 Å². The molecule has 6 heteroatoms. The second kappa shape index (κ2) is 4.27. The number of aliphatic hydroxyl groups excluding tert-OH is 1. The molecule has 0 aliphatic carbocycles. The zero-order valence-corrected chi connectivity index (χ0v) is 10.6. The number of aliphatic hydroxyl groups is 1. The molecule has 17 heavy (non-hydrogen) atoms. The average molecular weight is 246 g/mol. The number of carbonyl (C=O) groups excluding carboxylic acids is 1. The third kappa shape index (κ3) is 2.42. The van der Waals surface area contributed by atoms with Crippen LogP contribution in [0.2, 0.25) is 0 Å². The molecular weight excluding hydrogens is 226 g/mol. The smallest absolute Gasteiger partial charge is 0.435 e. The van der Waals surface area contributed by atoms with Crippen molar-refractivity contribution < 1.29 is 29.0 Å². The van der Waals surface area contributed by atoms with Crippen LogP contribution in [-0.4, -0.2) is 51.2 Å². The Morgan fingerprint density at radius 1 is 1.35 bits per heavy atom.